The summed E-state index contributed by atoms with van der Waals surface area (Å²) < 4.78 is 54.8. The molecule has 0 unspecified atom stereocenters. The molecule has 0 saturated carbocycles. The number of hydrogen-bond acceptors (Lipinski definition) is 2. The highest BCUT2D eigenvalue weighted by molar-refractivity contribution is 5.90. The summed E-state index contributed by atoms with van der Waals surface area (Å²) in [5.41, 5.74) is 0.697. The summed E-state index contributed by atoms with van der Waals surface area (Å²) in [6, 6.07) is 9.76. The van der Waals surface area contributed by atoms with Crippen molar-refractivity contribution in [3.63, 3.8) is 0 Å². The van der Waals surface area contributed by atoms with E-state index in [1.807, 2.05) is 30.3 Å². The third-order valence-electron chi connectivity index (χ3n) is 3.93. The van der Waals surface area contributed by atoms with Gasteiger partial charge in [-0.25, -0.2) is 17.6 Å². The maximum absolute atomic E-state index is 13.7. The van der Waals surface area contributed by atoms with Crippen LogP contribution in [0.15, 0.2) is 48.8 Å². The van der Waals surface area contributed by atoms with Crippen LogP contribution in [-0.2, 0) is 17.8 Å². The van der Waals surface area contributed by atoms with Gasteiger partial charge in [0, 0.05) is 24.2 Å². The number of nitrogens with one attached hydrogen (secondary N) is 1. The lowest BCUT2D eigenvalue weighted by Gasteiger charge is -2.07. The Morgan fingerprint density at radius 3 is 2.52 bits per heavy atom. The Kier molecular flexibility index (Phi) is 5.54. The van der Waals surface area contributed by atoms with Crippen molar-refractivity contribution in [1.29, 1.82) is 0 Å². The SMILES string of the molecule is O=C(CCc1ccccc1)Nc1cnn(Cc2c(F)cc(F)c(F)c2F)c1. The quantitative estimate of drug-likeness (QED) is 0.400. The predicted octanol–water partition coefficient (Wildman–Crippen LogP) is 4.06. The van der Waals surface area contributed by atoms with E-state index in [1.165, 1.54) is 12.4 Å². The first kappa shape index (κ1) is 18.6. The minimum atomic E-state index is -1.74. The number of halogens is 4. The van der Waals surface area contributed by atoms with Crippen LogP contribution in [0.5, 0.6) is 0 Å². The van der Waals surface area contributed by atoms with Crippen LogP contribution in [0, 0.1) is 23.3 Å². The van der Waals surface area contributed by atoms with Gasteiger partial charge in [-0.3, -0.25) is 9.48 Å². The molecular weight excluding hydrogens is 362 g/mol. The van der Waals surface area contributed by atoms with Crippen molar-refractivity contribution in [3.05, 3.63) is 83.2 Å². The smallest absolute Gasteiger partial charge is 0.224 e. The van der Waals surface area contributed by atoms with Crippen molar-refractivity contribution in [2.24, 2.45) is 0 Å². The molecule has 8 heteroatoms. The van der Waals surface area contributed by atoms with Crippen LogP contribution >= 0.6 is 0 Å². The molecule has 0 fully saturated rings. The van der Waals surface area contributed by atoms with E-state index in [2.05, 4.69) is 10.4 Å². The van der Waals surface area contributed by atoms with Gasteiger partial charge < -0.3 is 5.32 Å². The number of carbonyl (C=O) groups is 1. The lowest BCUT2D eigenvalue weighted by molar-refractivity contribution is -0.116. The molecule has 27 heavy (non-hydrogen) atoms. The molecule has 0 spiro atoms. The van der Waals surface area contributed by atoms with Crippen LogP contribution in [0.25, 0.3) is 0 Å². The lowest BCUT2D eigenvalue weighted by Crippen LogP contribution is -2.12. The average molecular weight is 377 g/mol. The zero-order valence-electron chi connectivity index (χ0n) is 14.1. The monoisotopic (exact) mass is 377 g/mol. The first-order valence-corrected chi connectivity index (χ1v) is 8.12. The first-order chi connectivity index (χ1) is 12.9. The minimum absolute atomic E-state index is 0.247. The summed E-state index contributed by atoms with van der Waals surface area (Å²) in [7, 11) is 0. The lowest BCUT2D eigenvalue weighted by atomic mass is 10.1. The highest BCUT2D eigenvalue weighted by Gasteiger charge is 2.19. The third kappa shape index (κ3) is 4.52. The topological polar surface area (TPSA) is 46.9 Å². The van der Waals surface area contributed by atoms with Gasteiger partial charge in [0.15, 0.2) is 17.5 Å². The number of aryl methyl sites for hydroxylation is 1. The van der Waals surface area contributed by atoms with Crippen LogP contribution in [-0.4, -0.2) is 15.7 Å². The van der Waals surface area contributed by atoms with Gasteiger partial charge >= 0.3 is 0 Å². The third-order valence-corrected chi connectivity index (χ3v) is 3.93. The second-order valence-electron chi connectivity index (χ2n) is 5.91. The van der Waals surface area contributed by atoms with Gasteiger partial charge in [0.1, 0.15) is 5.82 Å². The predicted molar refractivity (Wildman–Crippen MR) is 91.0 cm³/mol. The van der Waals surface area contributed by atoms with Crippen LogP contribution in [0.4, 0.5) is 23.2 Å². The van der Waals surface area contributed by atoms with Crippen molar-refractivity contribution >= 4 is 11.6 Å². The molecule has 140 valence electrons. The molecule has 0 aliphatic rings. The number of nitrogens with zero attached hydrogens (tertiary/aromatic N) is 2. The van der Waals surface area contributed by atoms with Gasteiger partial charge in [0.2, 0.25) is 5.91 Å². The Hall–Kier alpha value is -3.16. The van der Waals surface area contributed by atoms with Crippen molar-refractivity contribution in [2.75, 3.05) is 5.32 Å². The summed E-state index contributed by atoms with van der Waals surface area (Å²) in [6.45, 7) is -0.450. The van der Waals surface area contributed by atoms with Crippen LogP contribution in [0.3, 0.4) is 0 Å². The van der Waals surface area contributed by atoms with Crippen molar-refractivity contribution < 1.29 is 22.4 Å². The van der Waals surface area contributed by atoms with Gasteiger partial charge in [0.05, 0.1) is 18.4 Å². The summed E-state index contributed by atoms with van der Waals surface area (Å²) in [5.74, 6) is -6.40. The number of amides is 1. The molecule has 0 saturated heterocycles. The van der Waals surface area contributed by atoms with E-state index in [-0.39, 0.29) is 18.4 Å². The van der Waals surface area contributed by atoms with E-state index < -0.39 is 35.4 Å². The zero-order chi connectivity index (χ0) is 19.4. The molecule has 4 nitrogen and oxygen atoms in total. The molecule has 0 atom stereocenters. The fraction of sp³-hybridized carbons (Fsp3) is 0.158. The highest BCUT2D eigenvalue weighted by atomic mass is 19.2. The second kappa shape index (κ2) is 8.03. The van der Waals surface area contributed by atoms with E-state index in [9.17, 15) is 22.4 Å². The summed E-state index contributed by atoms with van der Waals surface area (Å²) in [5, 5.41) is 6.49. The Morgan fingerprint density at radius 1 is 1.04 bits per heavy atom. The molecule has 1 N–H and O–H groups in total. The van der Waals surface area contributed by atoms with Crippen molar-refractivity contribution in [2.45, 2.75) is 19.4 Å². The molecular formula is C19H15F4N3O. The van der Waals surface area contributed by atoms with Gasteiger partial charge in [-0.05, 0) is 12.0 Å². The van der Waals surface area contributed by atoms with Gasteiger partial charge in [0.25, 0.3) is 0 Å². The van der Waals surface area contributed by atoms with E-state index in [0.717, 1.165) is 10.2 Å². The maximum Gasteiger partial charge on any atom is 0.224 e. The standard InChI is InChI=1S/C19H15F4N3O/c20-15-8-16(21)19(23)18(22)14(15)11-26-10-13(9-24-26)25-17(27)7-6-12-4-2-1-3-5-12/h1-5,8-10H,6-7,11H2,(H,25,27). The molecule has 0 aliphatic carbocycles. The van der Waals surface area contributed by atoms with E-state index in [4.69, 9.17) is 0 Å². The van der Waals surface area contributed by atoms with Crippen molar-refractivity contribution in [1.82, 2.24) is 9.78 Å². The molecule has 0 radical (unpaired) electrons. The van der Waals surface area contributed by atoms with Gasteiger partial charge in [-0.15, -0.1) is 0 Å². The number of benzene rings is 2. The van der Waals surface area contributed by atoms with E-state index in [0.29, 0.717) is 12.1 Å². The number of hydrogen-bond donors (Lipinski definition) is 1. The molecule has 3 aromatic rings. The first-order valence-electron chi connectivity index (χ1n) is 8.12. The number of aromatic nitrogens is 2. The molecule has 1 aromatic heterocycles. The fourth-order valence-corrected chi connectivity index (χ4v) is 2.55. The summed E-state index contributed by atoms with van der Waals surface area (Å²) in [6.07, 6.45) is 3.46. The van der Waals surface area contributed by atoms with E-state index >= 15 is 0 Å². The average Bonchev–Trinajstić information content (AvgIpc) is 3.09. The summed E-state index contributed by atoms with van der Waals surface area (Å²) in [4.78, 5) is 12.0. The number of rotatable bonds is 6. The van der Waals surface area contributed by atoms with Crippen molar-refractivity contribution in [3.8, 4) is 0 Å². The Bertz CT molecular complexity index is 957. The molecule has 1 heterocycles. The molecule has 1 amide bonds. The van der Waals surface area contributed by atoms with E-state index in [1.54, 1.807) is 0 Å². The van der Waals surface area contributed by atoms with Gasteiger partial charge in [-0.2, -0.15) is 5.10 Å². The summed E-state index contributed by atoms with van der Waals surface area (Å²) >= 11 is 0. The Labute approximate surface area is 152 Å². The normalized spacial score (nSPS) is 10.8. The van der Waals surface area contributed by atoms with Gasteiger partial charge in [-0.1, -0.05) is 30.3 Å². The fourth-order valence-electron chi connectivity index (χ4n) is 2.55. The Morgan fingerprint density at radius 2 is 1.78 bits per heavy atom. The Balaban J connectivity index is 1.62. The van der Waals surface area contributed by atoms with Crippen LogP contribution in [0.1, 0.15) is 17.5 Å². The van der Waals surface area contributed by atoms with Crippen LogP contribution in [0.2, 0.25) is 0 Å². The van der Waals surface area contributed by atoms with Crippen LogP contribution < -0.4 is 5.32 Å². The molecule has 0 bridgehead atoms. The molecule has 3 rings (SSSR count). The number of carbonyl (C=O) groups excluding carboxylic acids is 1. The molecule has 0 aliphatic heterocycles. The highest BCUT2D eigenvalue weighted by Crippen LogP contribution is 2.20. The zero-order valence-corrected chi connectivity index (χ0v) is 14.1. The minimum Gasteiger partial charge on any atom is -0.323 e. The largest absolute Gasteiger partial charge is 0.323 e. The maximum atomic E-state index is 13.7. The second-order valence-corrected chi connectivity index (χ2v) is 5.91. The number of anilines is 1. The molecule has 2 aromatic carbocycles.